The summed E-state index contributed by atoms with van der Waals surface area (Å²) in [7, 11) is 0. The van der Waals surface area contributed by atoms with Gasteiger partial charge < -0.3 is 4.90 Å². The number of rotatable bonds is 3. The lowest BCUT2D eigenvalue weighted by Crippen LogP contribution is -2.45. The number of nitrogens with one attached hydrogen (secondary N) is 1. The van der Waals surface area contributed by atoms with Crippen LogP contribution in [0.1, 0.15) is 51.7 Å². The van der Waals surface area contributed by atoms with Crippen molar-refractivity contribution < 1.29 is 9.59 Å². The van der Waals surface area contributed by atoms with Crippen molar-refractivity contribution in [2.45, 2.75) is 58.5 Å². The molecule has 1 aromatic rings. The van der Waals surface area contributed by atoms with Crippen LogP contribution in [0, 0.1) is 0 Å². The number of hydrogen-bond acceptors (Lipinski definition) is 4. The van der Waals surface area contributed by atoms with Crippen molar-refractivity contribution in [3.05, 3.63) is 16.1 Å². The number of carbonyl (C=O) groups is 2. The summed E-state index contributed by atoms with van der Waals surface area (Å²) in [5.41, 5.74) is 0.234. The van der Waals surface area contributed by atoms with Gasteiger partial charge in [0.2, 0.25) is 0 Å². The van der Waals surface area contributed by atoms with Gasteiger partial charge in [-0.25, -0.2) is 9.78 Å². The topological polar surface area (TPSA) is 62.3 Å². The number of amides is 3. The lowest BCUT2D eigenvalue weighted by atomic mass is 9.93. The fourth-order valence-electron chi connectivity index (χ4n) is 2.11. The molecule has 5 nitrogen and oxygen atoms in total. The molecule has 0 aromatic carbocycles. The van der Waals surface area contributed by atoms with Gasteiger partial charge in [-0.3, -0.25) is 10.1 Å². The van der Waals surface area contributed by atoms with Crippen LogP contribution in [0.25, 0.3) is 0 Å². The quantitative estimate of drug-likeness (QED) is 0.872. The van der Waals surface area contributed by atoms with E-state index in [1.807, 2.05) is 12.3 Å². The Kier molecular flexibility index (Phi) is 3.62. The highest BCUT2D eigenvalue weighted by atomic mass is 32.1. The molecule has 110 valence electrons. The predicted molar refractivity (Wildman–Crippen MR) is 78.6 cm³/mol. The number of nitrogens with zero attached hydrogens (tertiary/aromatic N) is 2. The summed E-state index contributed by atoms with van der Waals surface area (Å²) >= 11 is 1.53. The molecule has 1 N–H and O–H groups in total. The normalized spacial score (nSPS) is 23.4. The largest absolute Gasteiger partial charge is 0.325 e. The van der Waals surface area contributed by atoms with Crippen LogP contribution in [0.5, 0.6) is 0 Å². The van der Waals surface area contributed by atoms with E-state index in [-0.39, 0.29) is 17.4 Å². The molecule has 0 saturated carbocycles. The number of imide groups is 1. The lowest BCUT2D eigenvalue weighted by molar-refractivity contribution is -0.126. The second-order valence-electron chi connectivity index (χ2n) is 6.35. The van der Waals surface area contributed by atoms with E-state index < -0.39 is 5.54 Å². The highest BCUT2D eigenvalue weighted by Gasteiger charge is 2.48. The van der Waals surface area contributed by atoms with Crippen molar-refractivity contribution >= 4 is 23.3 Å². The molecule has 1 unspecified atom stereocenters. The molecule has 2 heterocycles. The molecule has 1 aliphatic heterocycles. The molecular weight excluding hydrogens is 274 g/mol. The Morgan fingerprint density at radius 3 is 2.55 bits per heavy atom. The minimum absolute atomic E-state index is 0.00804. The number of carbonyl (C=O) groups excluding carboxylic acids is 2. The maximum absolute atomic E-state index is 11.9. The first-order valence-electron chi connectivity index (χ1n) is 6.76. The fourth-order valence-corrected chi connectivity index (χ4v) is 3.12. The molecule has 0 radical (unpaired) electrons. The third-order valence-corrected chi connectivity index (χ3v) is 4.69. The minimum Gasteiger partial charge on any atom is -0.303 e. The summed E-state index contributed by atoms with van der Waals surface area (Å²) < 4.78 is 0. The van der Waals surface area contributed by atoms with Crippen LogP contribution >= 0.6 is 11.3 Å². The van der Waals surface area contributed by atoms with Gasteiger partial charge in [-0.15, -0.1) is 11.3 Å². The summed E-state index contributed by atoms with van der Waals surface area (Å²) in [5.74, 6) is -0.224. The number of hydrogen-bond donors (Lipinski definition) is 1. The first-order chi connectivity index (χ1) is 9.18. The Hall–Kier alpha value is -1.43. The maximum atomic E-state index is 11.9. The van der Waals surface area contributed by atoms with E-state index in [1.54, 1.807) is 11.8 Å². The van der Waals surface area contributed by atoms with Crippen LogP contribution in [0.15, 0.2) is 5.38 Å². The Labute approximate surface area is 123 Å². The first-order valence-corrected chi connectivity index (χ1v) is 7.64. The Balaban J connectivity index is 2.23. The van der Waals surface area contributed by atoms with Crippen molar-refractivity contribution in [1.82, 2.24) is 15.2 Å². The average Bonchev–Trinajstić information content (AvgIpc) is 2.89. The molecular formula is C14H21N3O2S. The third-order valence-electron chi connectivity index (χ3n) is 3.85. The van der Waals surface area contributed by atoms with Gasteiger partial charge in [-0.1, -0.05) is 27.7 Å². The zero-order valence-corrected chi connectivity index (χ0v) is 13.4. The van der Waals surface area contributed by atoms with Crippen LogP contribution in [-0.4, -0.2) is 27.4 Å². The predicted octanol–water partition coefficient (Wildman–Crippen LogP) is 2.66. The summed E-state index contributed by atoms with van der Waals surface area (Å²) in [6.07, 6.45) is 0.585. The van der Waals surface area contributed by atoms with Crippen LogP contribution in [0.4, 0.5) is 4.79 Å². The van der Waals surface area contributed by atoms with E-state index in [0.717, 1.165) is 10.7 Å². The molecule has 1 aromatic heterocycles. The smallest absolute Gasteiger partial charge is 0.303 e. The molecule has 2 rings (SSSR count). The fraction of sp³-hybridized carbons (Fsp3) is 0.643. The van der Waals surface area contributed by atoms with Crippen molar-refractivity contribution in [2.75, 3.05) is 0 Å². The van der Waals surface area contributed by atoms with Gasteiger partial charge in [-0.2, -0.15) is 0 Å². The number of urea groups is 1. The van der Waals surface area contributed by atoms with E-state index in [2.05, 4.69) is 31.1 Å². The zero-order chi connectivity index (χ0) is 15.1. The van der Waals surface area contributed by atoms with E-state index in [4.69, 9.17) is 0 Å². The Morgan fingerprint density at radius 1 is 1.40 bits per heavy atom. The monoisotopic (exact) mass is 295 g/mol. The Bertz CT molecular complexity index is 547. The van der Waals surface area contributed by atoms with Gasteiger partial charge >= 0.3 is 6.03 Å². The van der Waals surface area contributed by atoms with Gasteiger partial charge in [0, 0.05) is 10.8 Å². The molecule has 6 heteroatoms. The van der Waals surface area contributed by atoms with Gasteiger partial charge in [0.1, 0.15) is 10.5 Å². The third kappa shape index (κ3) is 2.44. The van der Waals surface area contributed by atoms with Crippen LogP contribution < -0.4 is 5.32 Å². The van der Waals surface area contributed by atoms with E-state index in [9.17, 15) is 9.59 Å². The van der Waals surface area contributed by atoms with Crippen LogP contribution in [0.2, 0.25) is 0 Å². The molecule has 20 heavy (non-hydrogen) atoms. The molecule has 0 spiro atoms. The van der Waals surface area contributed by atoms with Crippen LogP contribution in [0.3, 0.4) is 0 Å². The molecule has 1 saturated heterocycles. The average molecular weight is 295 g/mol. The second-order valence-corrected chi connectivity index (χ2v) is 7.29. The summed E-state index contributed by atoms with van der Waals surface area (Å²) in [6.45, 7) is 10.4. The first kappa shape index (κ1) is 15.0. The van der Waals surface area contributed by atoms with Crippen LogP contribution in [-0.2, 0) is 16.8 Å². The molecule has 0 bridgehead atoms. The summed E-state index contributed by atoms with van der Waals surface area (Å²) in [5, 5.41) is 5.27. The molecule has 0 aliphatic carbocycles. The van der Waals surface area contributed by atoms with E-state index >= 15 is 0 Å². The van der Waals surface area contributed by atoms with Gasteiger partial charge in [0.25, 0.3) is 5.91 Å². The minimum atomic E-state index is -0.773. The summed E-state index contributed by atoms with van der Waals surface area (Å²) in [4.78, 5) is 30.0. The van der Waals surface area contributed by atoms with E-state index in [1.165, 1.54) is 11.3 Å². The van der Waals surface area contributed by atoms with Crippen molar-refractivity contribution in [1.29, 1.82) is 0 Å². The van der Waals surface area contributed by atoms with Gasteiger partial charge in [-0.05, 0) is 13.3 Å². The molecule has 1 aliphatic rings. The van der Waals surface area contributed by atoms with Gasteiger partial charge in [0.05, 0.1) is 12.2 Å². The standard InChI is InChI=1S/C14H21N3O2S/c1-6-14(5)11(18)16-12(19)17(14)7-10-15-9(8-20-10)13(2,3)4/h8H,6-7H2,1-5H3,(H,16,18,19). The SMILES string of the molecule is CCC1(C)C(=O)NC(=O)N1Cc1nc(C(C)(C)C)cs1. The zero-order valence-electron chi connectivity index (χ0n) is 12.6. The van der Waals surface area contributed by atoms with Crippen molar-refractivity contribution in [2.24, 2.45) is 0 Å². The molecule has 3 amide bonds. The maximum Gasteiger partial charge on any atom is 0.325 e. The van der Waals surface area contributed by atoms with Crippen molar-refractivity contribution in [3.8, 4) is 0 Å². The molecule has 1 atom stereocenters. The highest BCUT2D eigenvalue weighted by molar-refractivity contribution is 7.09. The molecule has 1 fully saturated rings. The Morgan fingerprint density at radius 2 is 2.05 bits per heavy atom. The number of aromatic nitrogens is 1. The highest BCUT2D eigenvalue weighted by Crippen LogP contribution is 2.29. The number of thiazole rings is 1. The van der Waals surface area contributed by atoms with Crippen molar-refractivity contribution in [3.63, 3.8) is 0 Å². The lowest BCUT2D eigenvalue weighted by Gasteiger charge is -2.29. The second kappa shape index (κ2) is 4.84. The van der Waals surface area contributed by atoms with E-state index in [0.29, 0.717) is 13.0 Å². The summed E-state index contributed by atoms with van der Waals surface area (Å²) in [6, 6.07) is -0.327. The van der Waals surface area contributed by atoms with Gasteiger partial charge in [0.15, 0.2) is 0 Å².